The first-order valence-electron chi connectivity index (χ1n) is 5.81. The molecule has 0 N–H and O–H groups in total. The number of nitrogens with zero attached hydrogens (tertiary/aromatic N) is 3. The number of aromatic nitrogens is 3. The Morgan fingerprint density at radius 2 is 2.06 bits per heavy atom. The Morgan fingerprint density at radius 3 is 2.53 bits per heavy atom. The molecule has 1 saturated carbocycles. The molecule has 1 fully saturated rings. The van der Waals surface area contributed by atoms with Gasteiger partial charge in [-0.05, 0) is 25.2 Å². The minimum absolute atomic E-state index is 0.222. The van der Waals surface area contributed by atoms with Crippen LogP contribution in [-0.4, -0.2) is 23.2 Å². The summed E-state index contributed by atoms with van der Waals surface area (Å²) < 4.78 is 36.3. The molecule has 5 nitrogen and oxygen atoms in total. The van der Waals surface area contributed by atoms with Crippen LogP contribution in [0.1, 0.15) is 44.9 Å². The summed E-state index contributed by atoms with van der Waals surface area (Å²) >= 11 is 0. The minimum atomic E-state index is -4.78. The number of halogens is 1. The molecule has 0 radical (unpaired) electrons. The Bertz CT molecular complexity index is 506. The fourth-order valence-electron chi connectivity index (χ4n) is 2.33. The summed E-state index contributed by atoms with van der Waals surface area (Å²) in [6, 6.07) is 0. The molecule has 0 saturated heterocycles. The molecule has 1 aliphatic carbocycles. The van der Waals surface area contributed by atoms with Gasteiger partial charge in [0.2, 0.25) is 0 Å². The first-order chi connectivity index (χ1) is 7.93. The highest BCUT2D eigenvalue weighted by Crippen LogP contribution is 2.40. The van der Waals surface area contributed by atoms with Gasteiger partial charge in [0.1, 0.15) is 5.82 Å². The third-order valence-corrected chi connectivity index (χ3v) is 3.89. The fraction of sp³-hybridized carbons (Fsp3) is 0.800. The SMILES string of the molecule is CCCn1c(C2CC(C)C2)nnc1S(=O)(=O)F. The monoisotopic (exact) mass is 261 g/mol. The second-order valence-corrected chi connectivity index (χ2v) is 5.94. The lowest BCUT2D eigenvalue weighted by Crippen LogP contribution is -2.23. The largest absolute Gasteiger partial charge is 0.368 e. The van der Waals surface area contributed by atoms with E-state index < -0.39 is 15.4 Å². The Hall–Kier alpha value is -0.980. The highest BCUT2D eigenvalue weighted by molar-refractivity contribution is 7.86. The van der Waals surface area contributed by atoms with Crippen molar-refractivity contribution >= 4 is 10.2 Å². The van der Waals surface area contributed by atoms with Crippen molar-refractivity contribution in [3.8, 4) is 0 Å². The Labute approximate surface area is 100 Å². The van der Waals surface area contributed by atoms with Crippen LogP contribution in [0.5, 0.6) is 0 Å². The zero-order chi connectivity index (χ0) is 12.6. The molecule has 1 heterocycles. The highest BCUT2D eigenvalue weighted by atomic mass is 32.3. The topological polar surface area (TPSA) is 64.8 Å². The van der Waals surface area contributed by atoms with Crippen molar-refractivity contribution in [1.29, 1.82) is 0 Å². The number of hydrogen-bond acceptors (Lipinski definition) is 4. The van der Waals surface area contributed by atoms with Gasteiger partial charge in [-0.25, -0.2) is 0 Å². The molecule has 0 aliphatic heterocycles. The average molecular weight is 261 g/mol. The maximum Gasteiger partial charge on any atom is 0.368 e. The van der Waals surface area contributed by atoms with Gasteiger partial charge < -0.3 is 0 Å². The van der Waals surface area contributed by atoms with E-state index in [2.05, 4.69) is 17.1 Å². The maximum atomic E-state index is 13.0. The molecule has 17 heavy (non-hydrogen) atoms. The van der Waals surface area contributed by atoms with Gasteiger partial charge in [-0.1, -0.05) is 17.7 Å². The van der Waals surface area contributed by atoms with Gasteiger partial charge in [0.25, 0.3) is 5.16 Å². The van der Waals surface area contributed by atoms with Crippen LogP contribution in [0, 0.1) is 5.92 Å². The van der Waals surface area contributed by atoms with Gasteiger partial charge in [0.05, 0.1) is 0 Å². The molecule has 0 aromatic carbocycles. The van der Waals surface area contributed by atoms with E-state index in [9.17, 15) is 12.3 Å². The molecule has 0 bridgehead atoms. The van der Waals surface area contributed by atoms with E-state index in [1.54, 1.807) is 0 Å². The van der Waals surface area contributed by atoms with Crippen molar-refractivity contribution in [2.24, 2.45) is 5.92 Å². The lowest BCUT2D eigenvalue weighted by Gasteiger charge is -2.31. The van der Waals surface area contributed by atoms with Gasteiger partial charge in [-0.15, -0.1) is 10.2 Å². The van der Waals surface area contributed by atoms with E-state index in [0.29, 0.717) is 18.3 Å². The molecule has 0 atom stereocenters. The summed E-state index contributed by atoms with van der Waals surface area (Å²) in [6.07, 6.45) is 2.65. The molecular formula is C10H16FN3O2S. The third kappa shape index (κ3) is 2.34. The van der Waals surface area contributed by atoms with Gasteiger partial charge in [-0.3, -0.25) is 4.57 Å². The lowest BCUT2D eigenvalue weighted by molar-refractivity contribution is 0.269. The summed E-state index contributed by atoms with van der Waals surface area (Å²) in [4.78, 5) is 0. The molecule has 7 heteroatoms. The number of rotatable bonds is 4. The van der Waals surface area contributed by atoms with Crippen LogP contribution in [0.15, 0.2) is 5.16 Å². The lowest BCUT2D eigenvalue weighted by atomic mass is 9.75. The van der Waals surface area contributed by atoms with Gasteiger partial charge in [0.15, 0.2) is 0 Å². The van der Waals surface area contributed by atoms with Crippen molar-refractivity contribution in [3.05, 3.63) is 5.82 Å². The van der Waals surface area contributed by atoms with Crippen molar-refractivity contribution in [2.45, 2.75) is 50.7 Å². The quantitative estimate of drug-likeness (QED) is 0.776. The second kappa shape index (κ2) is 4.36. The van der Waals surface area contributed by atoms with Crippen LogP contribution < -0.4 is 0 Å². The predicted octanol–water partition coefficient (Wildman–Crippen LogP) is 1.86. The summed E-state index contributed by atoms with van der Waals surface area (Å²) in [6.45, 7) is 4.47. The maximum absolute atomic E-state index is 13.0. The van der Waals surface area contributed by atoms with Gasteiger partial charge in [-0.2, -0.15) is 8.42 Å². The molecule has 1 aliphatic rings. The zero-order valence-corrected chi connectivity index (χ0v) is 10.7. The van der Waals surface area contributed by atoms with Crippen LogP contribution in [0.3, 0.4) is 0 Å². The molecule has 1 aromatic heterocycles. The molecule has 1 aromatic rings. The van der Waals surface area contributed by atoms with Crippen LogP contribution >= 0.6 is 0 Å². The van der Waals surface area contributed by atoms with Crippen LogP contribution in [0.2, 0.25) is 0 Å². The Kier molecular flexibility index (Phi) is 3.20. The van der Waals surface area contributed by atoms with Gasteiger partial charge >= 0.3 is 10.2 Å². The first kappa shape index (κ1) is 12.5. The predicted molar refractivity (Wildman–Crippen MR) is 59.7 cm³/mol. The Morgan fingerprint density at radius 1 is 1.41 bits per heavy atom. The third-order valence-electron chi connectivity index (χ3n) is 3.15. The second-order valence-electron chi connectivity index (χ2n) is 4.70. The molecule has 0 amide bonds. The van der Waals surface area contributed by atoms with Crippen LogP contribution in [0.4, 0.5) is 3.89 Å². The summed E-state index contributed by atoms with van der Waals surface area (Å²) in [5.41, 5.74) is 0. The van der Waals surface area contributed by atoms with E-state index in [4.69, 9.17) is 0 Å². The van der Waals surface area contributed by atoms with Crippen molar-refractivity contribution in [1.82, 2.24) is 14.8 Å². The highest BCUT2D eigenvalue weighted by Gasteiger charge is 2.33. The van der Waals surface area contributed by atoms with E-state index in [0.717, 1.165) is 19.3 Å². The van der Waals surface area contributed by atoms with E-state index >= 15 is 0 Å². The normalized spacial score (nSPS) is 24.6. The summed E-state index contributed by atoms with van der Waals surface area (Å²) in [5, 5.41) is 6.79. The van der Waals surface area contributed by atoms with Crippen molar-refractivity contribution < 1.29 is 12.3 Å². The van der Waals surface area contributed by atoms with E-state index in [-0.39, 0.29) is 5.92 Å². The molecule has 96 valence electrons. The minimum Gasteiger partial charge on any atom is -0.299 e. The molecule has 0 unspecified atom stereocenters. The standard InChI is InChI=1S/C10H16FN3O2S/c1-3-4-14-9(8-5-7(2)6-8)12-13-10(14)17(11,15)16/h7-8H,3-6H2,1-2H3. The summed E-state index contributed by atoms with van der Waals surface area (Å²) in [7, 11) is -4.78. The number of hydrogen-bond donors (Lipinski definition) is 0. The van der Waals surface area contributed by atoms with E-state index in [1.807, 2.05) is 6.92 Å². The molecule has 0 spiro atoms. The smallest absolute Gasteiger partial charge is 0.299 e. The van der Waals surface area contributed by atoms with Crippen molar-refractivity contribution in [3.63, 3.8) is 0 Å². The van der Waals surface area contributed by atoms with Crippen molar-refractivity contribution in [2.75, 3.05) is 0 Å². The van der Waals surface area contributed by atoms with Crippen LogP contribution in [0.25, 0.3) is 0 Å². The molecule has 2 rings (SSSR count). The molecular weight excluding hydrogens is 245 g/mol. The zero-order valence-electron chi connectivity index (χ0n) is 9.93. The average Bonchev–Trinajstić information content (AvgIpc) is 2.56. The Balaban J connectivity index is 2.37. The van der Waals surface area contributed by atoms with Crippen LogP contribution in [-0.2, 0) is 16.8 Å². The van der Waals surface area contributed by atoms with Gasteiger partial charge in [0, 0.05) is 12.5 Å². The van der Waals surface area contributed by atoms with E-state index in [1.165, 1.54) is 4.57 Å². The summed E-state index contributed by atoms with van der Waals surface area (Å²) in [5.74, 6) is 1.46. The fourth-order valence-corrected chi connectivity index (χ4v) is 2.92. The first-order valence-corrected chi connectivity index (χ1v) is 7.19.